The Bertz CT molecular complexity index is 175. The summed E-state index contributed by atoms with van der Waals surface area (Å²) in [6.07, 6.45) is 1.19. The first-order valence-corrected chi connectivity index (χ1v) is 4.84. The van der Waals surface area contributed by atoms with Gasteiger partial charge >= 0.3 is 0 Å². The Morgan fingerprint density at radius 1 is 1.33 bits per heavy atom. The SMILES string of the molecule is CC(C)C(=O)N1CCC1C(C)C. The molecule has 1 saturated heterocycles. The third kappa shape index (κ3) is 1.62. The number of rotatable bonds is 2. The van der Waals surface area contributed by atoms with Crippen molar-refractivity contribution in [1.29, 1.82) is 0 Å². The van der Waals surface area contributed by atoms with Crippen LogP contribution in [0.15, 0.2) is 0 Å². The Labute approximate surface area is 74.9 Å². The Morgan fingerprint density at radius 3 is 2.17 bits per heavy atom. The second kappa shape index (κ2) is 3.46. The quantitative estimate of drug-likeness (QED) is 0.618. The van der Waals surface area contributed by atoms with Crippen molar-refractivity contribution in [2.24, 2.45) is 11.8 Å². The topological polar surface area (TPSA) is 20.3 Å². The molecule has 0 aromatic heterocycles. The molecule has 0 radical (unpaired) electrons. The van der Waals surface area contributed by atoms with E-state index in [0.717, 1.165) is 6.54 Å². The Balaban J connectivity index is 2.49. The summed E-state index contributed by atoms with van der Waals surface area (Å²) in [6, 6.07) is 0.514. The van der Waals surface area contributed by atoms with Crippen molar-refractivity contribution in [3.8, 4) is 0 Å². The van der Waals surface area contributed by atoms with E-state index in [2.05, 4.69) is 13.8 Å². The Hall–Kier alpha value is -0.530. The standard InChI is InChI=1S/C10H19NO/c1-7(2)9-5-6-11(9)10(12)8(3)4/h7-9H,5-6H2,1-4H3. The molecule has 1 unspecified atom stereocenters. The second-order valence-electron chi connectivity index (χ2n) is 4.29. The van der Waals surface area contributed by atoms with Crippen LogP contribution < -0.4 is 0 Å². The van der Waals surface area contributed by atoms with E-state index < -0.39 is 0 Å². The van der Waals surface area contributed by atoms with E-state index in [0.29, 0.717) is 17.9 Å². The molecule has 70 valence electrons. The molecular formula is C10H19NO. The van der Waals surface area contributed by atoms with Crippen molar-refractivity contribution in [2.45, 2.75) is 40.2 Å². The zero-order valence-corrected chi connectivity index (χ0v) is 8.50. The maximum atomic E-state index is 11.6. The van der Waals surface area contributed by atoms with Gasteiger partial charge in [0.25, 0.3) is 0 Å². The number of nitrogens with zero attached hydrogens (tertiary/aromatic N) is 1. The molecule has 0 saturated carbocycles. The molecule has 0 spiro atoms. The largest absolute Gasteiger partial charge is 0.339 e. The summed E-state index contributed by atoms with van der Waals surface area (Å²) in [6.45, 7) is 9.28. The molecule has 0 N–H and O–H groups in total. The first-order chi connectivity index (χ1) is 5.54. The van der Waals surface area contributed by atoms with Crippen LogP contribution in [0.2, 0.25) is 0 Å². The molecule has 0 aromatic rings. The maximum absolute atomic E-state index is 11.6. The minimum Gasteiger partial charge on any atom is -0.339 e. The Morgan fingerprint density at radius 2 is 1.92 bits per heavy atom. The number of hydrogen-bond donors (Lipinski definition) is 0. The van der Waals surface area contributed by atoms with Gasteiger partial charge in [-0.3, -0.25) is 4.79 Å². The highest BCUT2D eigenvalue weighted by Gasteiger charge is 2.34. The fourth-order valence-corrected chi connectivity index (χ4v) is 1.71. The van der Waals surface area contributed by atoms with Crippen LogP contribution >= 0.6 is 0 Å². The van der Waals surface area contributed by atoms with E-state index in [4.69, 9.17) is 0 Å². The fourth-order valence-electron chi connectivity index (χ4n) is 1.71. The minimum absolute atomic E-state index is 0.159. The van der Waals surface area contributed by atoms with Crippen LogP contribution in [0.3, 0.4) is 0 Å². The van der Waals surface area contributed by atoms with Gasteiger partial charge in [0.1, 0.15) is 0 Å². The summed E-state index contributed by atoms with van der Waals surface area (Å²) >= 11 is 0. The van der Waals surface area contributed by atoms with Gasteiger partial charge in [0.15, 0.2) is 0 Å². The van der Waals surface area contributed by atoms with Gasteiger partial charge < -0.3 is 4.90 Å². The lowest BCUT2D eigenvalue weighted by Gasteiger charge is -2.44. The highest BCUT2D eigenvalue weighted by Crippen LogP contribution is 2.25. The van der Waals surface area contributed by atoms with Crippen LogP contribution in [0.4, 0.5) is 0 Å². The van der Waals surface area contributed by atoms with Crippen molar-refractivity contribution in [1.82, 2.24) is 4.90 Å². The highest BCUT2D eigenvalue weighted by atomic mass is 16.2. The average Bonchev–Trinajstić information content (AvgIpc) is 1.82. The van der Waals surface area contributed by atoms with E-state index in [1.807, 2.05) is 18.7 Å². The predicted octanol–water partition coefficient (Wildman–Crippen LogP) is 1.90. The summed E-state index contributed by atoms with van der Waals surface area (Å²) in [7, 11) is 0. The second-order valence-corrected chi connectivity index (χ2v) is 4.29. The van der Waals surface area contributed by atoms with Crippen molar-refractivity contribution >= 4 is 5.91 Å². The molecule has 1 fully saturated rings. The van der Waals surface area contributed by atoms with Gasteiger partial charge in [-0.2, -0.15) is 0 Å². The normalized spacial score (nSPS) is 23.2. The third-order valence-corrected chi connectivity index (χ3v) is 2.61. The van der Waals surface area contributed by atoms with Crippen LogP contribution in [0.1, 0.15) is 34.1 Å². The minimum atomic E-state index is 0.159. The van der Waals surface area contributed by atoms with Gasteiger partial charge in [0.05, 0.1) is 0 Å². The van der Waals surface area contributed by atoms with Gasteiger partial charge in [0.2, 0.25) is 5.91 Å². The summed E-state index contributed by atoms with van der Waals surface area (Å²) < 4.78 is 0. The maximum Gasteiger partial charge on any atom is 0.225 e. The van der Waals surface area contributed by atoms with Crippen LogP contribution in [-0.4, -0.2) is 23.4 Å². The van der Waals surface area contributed by atoms with Gasteiger partial charge in [-0.1, -0.05) is 27.7 Å². The summed E-state index contributed by atoms with van der Waals surface area (Å²) in [5.41, 5.74) is 0. The van der Waals surface area contributed by atoms with E-state index in [1.54, 1.807) is 0 Å². The molecule has 2 nitrogen and oxygen atoms in total. The monoisotopic (exact) mass is 169 g/mol. The van der Waals surface area contributed by atoms with Gasteiger partial charge in [-0.05, 0) is 12.3 Å². The summed E-state index contributed by atoms with van der Waals surface area (Å²) in [4.78, 5) is 13.6. The van der Waals surface area contributed by atoms with Crippen molar-refractivity contribution in [2.75, 3.05) is 6.54 Å². The zero-order valence-electron chi connectivity index (χ0n) is 8.50. The number of carbonyl (C=O) groups excluding carboxylic acids is 1. The van der Waals surface area contributed by atoms with Gasteiger partial charge in [0, 0.05) is 18.5 Å². The number of likely N-dealkylation sites (tertiary alicyclic amines) is 1. The molecule has 1 aliphatic rings. The van der Waals surface area contributed by atoms with Crippen molar-refractivity contribution < 1.29 is 4.79 Å². The molecule has 1 heterocycles. The van der Waals surface area contributed by atoms with Crippen LogP contribution in [0.5, 0.6) is 0 Å². The lowest BCUT2D eigenvalue weighted by atomic mass is 9.90. The van der Waals surface area contributed by atoms with Gasteiger partial charge in [-0.15, -0.1) is 0 Å². The van der Waals surface area contributed by atoms with E-state index in [1.165, 1.54) is 6.42 Å². The summed E-state index contributed by atoms with van der Waals surface area (Å²) in [5, 5.41) is 0. The Kier molecular flexibility index (Phi) is 2.76. The molecule has 0 aliphatic carbocycles. The van der Waals surface area contributed by atoms with Crippen molar-refractivity contribution in [3.63, 3.8) is 0 Å². The smallest absolute Gasteiger partial charge is 0.225 e. The zero-order chi connectivity index (χ0) is 9.30. The first-order valence-electron chi connectivity index (χ1n) is 4.84. The molecule has 1 amide bonds. The fraction of sp³-hybridized carbons (Fsp3) is 0.900. The third-order valence-electron chi connectivity index (χ3n) is 2.61. The van der Waals surface area contributed by atoms with Crippen molar-refractivity contribution in [3.05, 3.63) is 0 Å². The molecule has 1 rings (SSSR count). The van der Waals surface area contributed by atoms with Crippen LogP contribution in [-0.2, 0) is 4.79 Å². The van der Waals surface area contributed by atoms with E-state index >= 15 is 0 Å². The highest BCUT2D eigenvalue weighted by molar-refractivity contribution is 5.79. The lowest BCUT2D eigenvalue weighted by molar-refractivity contribution is -0.144. The number of carbonyl (C=O) groups is 1. The molecule has 0 bridgehead atoms. The van der Waals surface area contributed by atoms with Crippen LogP contribution in [0, 0.1) is 11.8 Å². The van der Waals surface area contributed by atoms with E-state index in [9.17, 15) is 4.79 Å². The van der Waals surface area contributed by atoms with E-state index in [-0.39, 0.29) is 5.92 Å². The first kappa shape index (κ1) is 9.56. The molecule has 1 aliphatic heterocycles. The van der Waals surface area contributed by atoms with Gasteiger partial charge in [-0.25, -0.2) is 0 Å². The number of hydrogen-bond acceptors (Lipinski definition) is 1. The van der Waals surface area contributed by atoms with Crippen LogP contribution in [0.25, 0.3) is 0 Å². The molecular weight excluding hydrogens is 150 g/mol. The lowest BCUT2D eigenvalue weighted by Crippen LogP contribution is -2.54. The number of amides is 1. The molecule has 2 heteroatoms. The predicted molar refractivity (Wildman–Crippen MR) is 49.8 cm³/mol. The summed E-state index contributed by atoms with van der Waals surface area (Å²) in [5.74, 6) is 1.09. The molecule has 0 aromatic carbocycles. The molecule has 1 atom stereocenters. The average molecular weight is 169 g/mol. The molecule has 12 heavy (non-hydrogen) atoms.